The van der Waals surface area contributed by atoms with Gasteiger partial charge in [-0.2, -0.15) is 0 Å². The number of rotatable bonds is 10. The first-order valence-corrected chi connectivity index (χ1v) is 10.9. The molecule has 158 valence electrons. The van der Waals surface area contributed by atoms with E-state index in [1.54, 1.807) is 0 Å². The summed E-state index contributed by atoms with van der Waals surface area (Å²) in [5.74, 6) is 2.56. The summed E-state index contributed by atoms with van der Waals surface area (Å²) in [4.78, 5) is 18.2. The summed E-state index contributed by atoms with van der Waals surface area (Å²) in [5.41, 5.74) is 0. The van der Waals surface area contributed by atoms with Gasteiger partial charge >= 0.3 is 0 Å². The maximum Gasteiger partial charge on any atom is 0.225 e. The van der Waals surface area contributed by atoms with Crippen LogP contribution in [-0.4, -0.2) is 72.7 Å². The van der Waals surface area contributed by atoms with Crippen LogP contribution in [0.1, 0.15) is 47.0 Å². The van der Waals surface area contributed by atoms with Crippen molar-refractivity contribution in [2.24, 2.45) is 10.9 Å². The molecule has 0 amide bonds. The molecular formula is C21H39N7. The Morgan fingerprint density at radius 1 is 1.11 bits per heavy atom. The van der Waals surface area contributed by atoms with E-state index in [2.05, 4.69) is 58.1 Å². The molecular weight excluding hydrogens is 350 g/mol. The zero-order valence-electron chi connectivity index (χ0n) is 18.2. The minimum Gasteiger partial charge on any atom is -0.357 e. The van der Waals surface area contributed by atoms with Gasteiger partial charge in [0.1, 0.15) is 0 Å². The number of nitrogens with zero attached hydrogens (tertiary/aromatic N) is 5. The third-order valence-corrected chi connectivity index (χ3v) is 5.04. The number of aromatic nitrogens is 2. The van der Waals surface area contributed by atoms with Crippen LogP contribution in [0.5, 0.6) is 0 Å². The molecule has 2 N–H and O–H groups in total. The van der Waals surface area contributed by atoms with Crippen LogP contribution in [0.15, 0.2) is 23.5 Å². The minimum atomic E-state index is 0.450. The van der Waals surface area contributed by atoms with Crippen molar-refractivity contribution >= 4 is 11.9 Å². The Bertz CT molecular complexity index is 553. The third-order valence-electron chi connectivity index (χ3n) is 5.04. The van der Waals surface area contributed by atoms with E-state index in [-0.39, 0.29) is 0 Å². The zero-order chi connectivity index (χ0) is 20.2. The molecule has 1 fully saturated rings. The summed E-state index contributed by atoms with van der Waals surface area (Å²) >= 11 is 0. The fourth-order valence-electron chi connectivity index (χ4n) is 3.39. The first-order chi connectivity index (χ1) is 13.6. The molecule has 7 heteroatoms. The van der Waals surface area contributed by atoms with Gasteiger partial charge in [-0.15, -0.1) is 0 Å². The second kappa shape index (κ2) is 12.5. The van der Waals surface area contributed by atoms with Gasteiger partial charge < -0.3 is 15.5 Å². The molecule has 1 saturated heterocycles. The Balaban J connectivity index is 1.70. The second-order valence-corrected chi connectivity index (χ2v) is 8.01. The molecule has 0 bridgehead atoms. The molecule has 1 aliphatic rings. The van der Waals surface area contributed by atoms with Gasteiger partial charge in [-0.25, -0.2) is 9.97 Å². The van der Waals surface area contributed by atoms with Gasteiger partial charge in [0, 0.05) is 57.7 Å². The normalized spacial score (nSPS) is 17.0. The standard InChI is InChI=1S/C21H39N7/c1-5-22-20(26-19(4)9-6-8-18(2)3)23-12-13-27-14-16-28(17-15-27)21-24-10-7-11-25-21/h7,10-11,18-19H,5-6,8-9,12-17H2,1-4H3,(H2,22,23,26). The SMILES string of the molecule is CCNC(=NCCN1CCN(c2ncccn2)CC1)NC(C)CCCC(C)C. The minimum absolute atomic E-state index is 0.450. The molecule has 0 aliphatic carbocycles. The molecule has 0 aromatic carbocycles. The highest BCUT2D eigenvalue weighted by molar-refractivity contribution is 5.80. The van der Waals surface area contributed by atoms with E-state index in [0.29, 0.717) is 6.04 Å². The fourth-order valence-corrected chi connectivity index (χ4v) is 3.39. The first-order valence-electron chi connectivity index (χ1n) is 10.9. The number of piperazine rings is 1. The van der Waals surface area contributed by atoms with Gasteiger partial charge in [0.05, 0.1) is 6.54 Å². The molecule has 7 nitrogen and oxygen atoms in total. The number of guanidine groups is 1. The van der Waals surface area contributed by atoms with Crippen LogP contribution in [0.3, 0.4) is 0 Å². The van der Waals surface area contributed by atoms with Gasteiger partial charge in [0.25, 0.3) is 0 Å². The van der Waals surface area contributed by atoms with Crippen molar-refractivity contribution in [3.63, 3.8) is 0 Å². The molecule has 2 rings (SSSR count). The molecule has 2 heterocycles. The van der Waals surface area contributed by atoms with Crippen molar-refractivity contribution in [1.29, 1.82) is 0 Å². The molecule has 1 unspecified atom stereocenters. The van der Waals surface area contributed by atoms with E-state index in [0.717, 1.165) is 63.6 Å². The first kappa shape index (κ1) is 22.4. The van der Waals surface area contributed by atoms with Crippen molar-refractivity contribution in [1.82, 2.24) is 25.5 Å². The summed E-state index contributed by atoms with van der Waals surface area (Å²) in [7, 11) is 0. The van der Waals surface area contributed by atoms with Crippen LogP contribution in [0.25, 0.3) is 0 Å². The number of aliphatic imine (C=N–C) groups is 1. The lowest BCUT2D eigenvalue weighted by molar-refractivity contribution is 0.263. The lowest BCUT2D eigenvalue weighted by Gasteiger charge is -2.34. The van der Waals surface area contributed by atoms with Crippen molar-refractivity contribution in [2.75, 3.05) is 50.7 Å². The van der Waals surface area contributed by atoms with Crippen molar-refractivity contribution in [3.05, 3.63) is 18.5 Å². The van der Waals surface area contributed by atoms with Gasteiger partial charge in [-0.05, 0) is 32.3 Å². The number of hydrogen-bond acceptors (Lipinski definition) is 5. The van der Waals surface area contributed by atoms with E-state index < -0.39 is 0 Å². The molecule has 1 aromatic heterocycles. The highest BCUT2D eigenvalue weighted by Crippen LogP contribution is 2.10. The molecule has 0 saturated carbocycles. The maximum absolute atomic E-state index is 4.78. The monoisotopic (exact) mass is 389 g/mol. The summed E-state index contributed by atoms with van der Waals surface area (Å²) in [6.45, 7) is 15.6. The van der Waals surface area contributed by atoms with Crippen LogP contribution in [0.2, 0.25) is 0 Å². The van der Waals surface area contributed by atoms with Gasteiger partial charge in [-0.3, -0.25) is 9.89 Å². The van der Waals surface area contributed by atoms with Gasteiger partial charge in [-0.1, -0.05) is 26.7 Å². The van der Waals surface area contributed by atoms with E-state index >= 15 is 0 Å². The van der Waals surface area contributed by atoms with Crippen LogP contribution in [0, 0.1) is 5.92 Å². The number of hydrogen-bond donors (Lipinski definition) is 2. The fraction of sp³-hybridized carbons (Fsp3) is 0.762. The van der Waals surface area contributed by atoms with Crippen LogP contribution in [0.4, 0.5) is 5.95 Å². The van der Waals surface area contributed by atoms with Crippen molar-refractivity contribution < 1.29 is 0 Å². The highest BCUT2D eigenvalue weighted by atomic mass is 15.3. The quantitative estimate of drug-likeness (QED) is 0.473. The van der Waals surface area contributed by atoms with Crippen LogP contribution >= 0.6 is 0 Å². The lowest BCUT2D eigenvalue weighted by atomic mass is 10.0. The molecule has 1 atom stereocenters. The van der Waals surface area contributed by atoms with Crippen LogP contribution < -0.4 is 15.5 Å². The smallest absolute Gasteiger partial charge is 0.225 e. The average Bonchev–Trinajstić information content (AvgIpc) is 2.69. The Morgan fingerprint density at radius 2 is 1.82 bits per heavy atom. The van der Waals surface area contributed by atoms with Gasteiger partial charge in [0.15, 0.2) is 5.96 Å². The predicted molar refractivity (Wildman–Crippen MR) is 118 cm³/mol. The van der Waals surface area contributed by atoms with Crippen LogP contribution in [-0.2, 0) is 0 Å². The summed E-state index contributed by atoms with van der Waals surface area (Å²) in [5, 5.41) is 6.93. The largest absolute Gasteiger partial charge is 0.357 e. The van der Waals surface area contributed by atoms with E-state index in [4.69, 9.17) is 4.99 Å². The Kier molecular flexibility index (Phi) is 10.0. The molecule has 1 aromatic rings. The van der Waals surface area contributed by atoms with Crippen molar-refractivity contribution in [2.45, 2.75) is 53.0 Å². The molecule has 0 spiro atoms. The van der Waals surface area contributed by atoms with E-state index in [1.165, 1.54) is 19.3 Å². The average molecular weight is 390 g/mol. The van der Waals surface area contributed by atoms with Gasteiger partial charge in [0.2, 0.25) is 5.95 Å². The Morgan fingerprint density at radius 3 is 2.46 bits per heavy atom. The summed E-state index contributed by atoms with van der Waals surface area (Å²) in [6.07, 6.45) is 7.36. The Hall–Kier alpha value is -1.89. The molecule has 28 heavy (non-hydrogen) atoms. The maximum atomic E-state index is 4.78. The highest BCUT2D eigenvalue weighted by Gasteiger charge is 2.18. The molecule has 0 radical (unpaired) electrons. The Labute approximate surface area is 171 Å². The topological polar surface area (TPSA) is 68.7 Å². The lowest BCUT2D eigenvalue weighted by Crippen LogP contribution is -2.48. The third kappa shape index (κ3) is 8.42. The second-order valence-electron chi connectivity index (χ2n) is 8.01. The molecule has 1 aliphatic heterocycles. The van der Waals surface area contributed by atoms with E-state index in [9.17, 15) is 0 Å². The number of anilines is 1. The summed E-state index contributed by atoms with van der Waals surface area (Å²) in [6, 6.07) is 2.31. The van der Waals surface area contributed by atoms with Crippen molar-refractivity contribution in [3.8, 4) is 0 Å². The van der Waals surface area contributed by atoms with E-state index in [1.807, 2.05) is 18.5 Å². The number of nitrogens with one attached hydrogen (secondary N) is 2. The summed E-state index contributed by atoms with van der Waals surface area (Å²) < 4.78 is 0. The zero-order valence-corrected chi connectivity index (χ0v) is 18.2. The predicted octanol–water partition coefficient (Wildman–Crippen LogP) is 2.37.